The van der Waals surface area contributed by atoms with Crippen molar-refractivity contribution < 1.29 is 9.53 Å². The summed E-state index contributed by atoms with van der Waals surface area (Å²) in [6.07, 6.45) is 3.02. The summed E-state index contributed by atoms with van der Waals surface area (Å²) in [6, 6.07) is 13.0. The Morgan fingerprint density at radius 1 is 1.16 bits per heavy atom. The highest BCUT2D eigenvalue weighted by Crippen LogP contribution is 2.22. The Morgan fingerprint density at radius 3 is 2.56 bits per heavy atom. The number of hydrogen-bond donors (Lipinski definition) is 1. The Bertz CT molecular complexity index is 951. The summed E-state index contributed by atoms with van der Waals surface area (Å²) in [5.74, 6) is 0.605. The Kier molecular flexibility index (Phi) is 4.81. The molecule has 0 atom stereocenters. The lowest BCUT2D eigenvalue weighted by atomic mass is 10.2. The van der Waals surface area contributed by atoms with Crippen LogP contribution in [0.4, 0.5) is 5.69 Å². The molecule has 126 valence electrons. The molecule has 0 saturated carbocycles. The molecule has 7 heteroatoms. The number of nitrogens with one attached hydrogen (secondary N) is 1. The number of halogens is 1. The Morgan fingerprint density at radius 2 is 1.92 bits per heavy atom. The van der Waals surface area contributed by atoms with Crippen LogP contribution in [0.25, 0.3) is 0 Å². The molecule has 2 heterocycles. The first-order valence-corrected chi connectivity index (χ1v) is 7.76. The molecule has 0 aliphatic carbocycles. The zero-order valence-electron chi connectivity index (χ0n) is 13.3. The molecular formula is C18H14ClN3O3. The number of benzene rings is 1. The smallest absolute Gasteiger partial charge is 0.255 e. The van der Waals surface area contributed by atoms with Gasteiger partial charge in [-0.05, 0) is 36.4 Å². The van der Waals surface area contributed by atoms with Crippen LogP contribution in [-0.2, 0) is 7.05 Å². The molecule has 1 aromatic carbocycles. The standard InChI is InChI=1S/C18H14ClN3O3/c1-22-9-8-12(10-17(22)23)18(24)21-14-4-7-16(20-11-14)25-15-5-2-13(19)3-6-15/h2-11H,1H3,(H,21,24). The average Bonchev–Trinajstić information content (AvgIpc) is 2.61. The van der Waals surface area contributed by atoms with Crippen LogP contribution in [0.1, 0.15) is 10.4 Å². The van der Waals surface area contributed by atoms with E-state index >= 15 is 0 Å². The number of pyridine rings is 2. The van der Waals surface area contributed by atoms with Gasteiger partial charge in [0.2, 0.25) is 5.88 Å². The first-order chi connectivity index (χ1) is 12.0. The molecule has 1 N–H and O–H groups in total. The van der Waals surface area contributed by atoms with Gasteiger partial charge in [0.25, 0.3) is 11.5 Å². The molecule has 0 bridgehead atoms. The fourth-order valence-electron chi connectivity index (χ4n) is 2.03. The molecule has 0 fully saturated rings. The van der Waals surface area contributed by atoms with Crippen LogP contribution in [-0.4, -0.2) is 15.5 Å². The van der Waals surface area contributed by atoms with E-state index in [0.29, 0.717) is 22.3 Å². The van der Waals surface area contributed by atoms with Crippen LogP contribution < -0.4 is 15.6 Å². The maximum atomic E-state index is 12.2. The summed E-state index contributed by atoms with van der Waals surface area (Å²) in [5, 5.41) is 3.30. The topological polar surface area (TPSA) is 73.2 Å². The van der Waals surface area contributed by atoms with Crippen molar-refractivity contribution in [2.24, 2.45) is 7.05 Å². The molecule has 3 rings (SSSR count). The number of amides is 1. The monoisotopic (exact) mass is 355 g/mol. The zero-order valence-corrected chi connectivity index (χ0v) is 14.0. The lowest BCUT2D eigenvalue weighted by molar-refractivity contribution is 0.102. The van der Waals surface area contributed by atoms with Gasteiger partial charge in [0.05, 0.1) is 11.9 Å². The molecule has 0 radical (unpaired) electrons. The molecule has 6 nitrogen and oxygen atoms in total. The first-order valence-electron chi connectivity index (χ1n) is 7.39. The van der Waals surface area contributed by atoms with Crippen molar-refractivity contribution in [2.75, 3.05) is 5.32 Å². The van der Waals surface area contributed by atoms with Gasteiger partial charge in [0.15, 0.2) is 0 Å². The highest BCUT2D eigenvalue weighted by Gasteiger charge is 2.08. The van der Waals surface area contributed by atoms with Gasteiger partial charge in [-0.15, -0.1) is 0 Å². The van der Waals surface area contributed by atoms with Crippen molar-refractivity contribution in [3.8, 4) is 11.6 Å². The van der Waals surface area contributed by atoms with Gasteiger partial charge in [-0.2, -0.15) is 0 Å². The number of ether oxygens (including phenoxy) is 1. The second-order valence-electron chi connectivity index (χ2n) is 5.26. The van der Waals surface area contributed by atoms with Crippen molar-refractivity contribution >= 4 is 23.2 Å². The van der Waals surface area contributed by atoms with Crippen molar-refractivity contribution in [3.05, 3.63) is 81.9 Å². The first kappa shape index (κ1) is 16.7. The lowest BCUT2D eigenvalue weighted by Crippen LogP contribution is -2.20. The maximum absolute atomic E-state index is 12.2. The number of aromatic nitrogens is 2. The van der Waals surface area contributed by atoms with Gasteiger partial charge in [-0.25, -0.2) is 4.98 Å². The van der Waals surface area contributed by atoms with E-state index in [2.05, 4.69) is 10.3 Å². The van der Waals surface area contributed by atoms with Crippen molar-refractivity contribution in [1.82, 2.24) is 9.55 Å². The van der Waals surface area contributed by atoms with E-state index in [1.807, 2.05) is 0 Å². The molecular weight excluding hydrogens is 342 g/mol. The van der Waals surface area contributed by atoms with E-state index in [4.69, 9.17) is 16.3 Å². The molecule has 0 unspecified atom stereocenters. The van der Waals surface area contributed by atoms with E-state index < -0.39 is 0 Å². The quantitative estimate of drug-likeness (QED) is 0.777. The Labute approximate surface area is 148 Å². The third-order valence-electron chi connectivity index (χ3n) is 3.40. The molecule has 0 aliphatic rings. The van der Waals surface area contributed by atoms with Gasteiger partial charge in [0.1, 0.15) is 5.75 Å². The summed E-state index contributed by atoms with van der Waals surface area (Å²) in [5.41, 5.74) is 0.524. The van der Waals surface area contributed by atoms with Crippen LogP contribution in [0.3, 0.4) is 0 Å². The fraction of sp³-hybridized carbons (Fsp3) is 0.0556. The van der Waals surface area contributed by atoms with Gasteiger partial charge >= 0.3 is 0 Å². The molecule has 3 aromatic rings. The minimum Gasteiger partial charge on any atom is -0.439 e. The average molecular weight is 356 g/mol. The number of carbonyl (C=O) groups excluding carboxylic acids is 1. The van der Waals surface area contributed by atoms with E-state index in [9.17, 15) is 9.59 Å². The molecule has 0 spiro atoms. The molecule has 0 saturated heterocycles. The summed E-state index contributed by atoms with van der Waals surface area (Å²) < 4.78 is 6.97. The largest absolute Gasteiger partial charge is 0.439 e. The zero-order chi connectivity index (χ0) is 17.8. The highest BCUT2D eigenvalue weighted by atomic mass is 35.5. The minimum atomic E-state index is -0.383. The predicted molar refractivity (Wildman–Crippen MR) is 95.4 cm³/mol. The molecule has 2 aromatic heterocycles. The number of nitrogens with zero attached hydrogens (tertiary/aromatic N) is 2. The summed E-state index contributed by atoms with van der Waals surface area (Å²) in [4.78, 5) is 27.9. The number of carbonyl (C=O) groups is 1. The van der Waals surface area contributed by atoms with Crippen molar-refractivity contribution in [2.45, 2.75) is 0 Å². The molecule has 0 aliphatic heterocycles. The number of rotatable bonds is 4. The van der Waals surface area contributed by atoms with Gasteiger partial charge < -0.3 is 14.6 Å². The van der Waals surface area contributed by atoms with Crippen LogP contribution in [0.15, 0.2) is 65.7 Å². The van der Waals surface area contributed by atoms with Gasteiger partial charge in [0, 0.05) is 36.0 Å². The maximum Gasteiger partial charge on any atom is 0.255 e. The van der Waals surface area contributed by atoms with Gasteiger partial charge in [-0.1, -0.05) is 11.6 Å². The van der Waals surface area contributed by atoms with E-state index in [0.717, 1.165) is 0 Å². The summed E-state index contributed by atoms with van der Waals surface area (Å²) >= 11 is 5.82. The normalized spacial score (nSPS) is 10.3. The van der Waals surface area contributed by atoms with Crippen LogP contribution >= 0.6 is 11.6 Å². The second-order valence-corrected chi connectivity index (χ2v) is 5.70. The molecule has 25 heavy (non-hydrogen) atoms. The van der Waals surface area contributed by atoms with E-state index in [1.54, 1.807) is 55.7 Å². The third kappa shape index (κ3) is 4.24. The lowest BCUT2D eigenvalue weighted by Gasteiger charge is -2.07. The molecule has 1 amide bonds. The Balaban J connectivity index is 1.67. The van der Waals surface area contributed by atoms with E-state index in [1.165, 1.54) is 16.8 Å². The summed E-state index contributed by atoms with van der Waals surface area (Å²) in [6.45, 7) is 0. The van der Waals surface area contributed by atoms with Crippen LogP contribution in [0, 0.1) is 0 Å². The third-order valence-corrected chi connectivity index (χ3v) is 3.65. The van der Waals surface area contributed by atoms with Gasteiger partial charge in [-0.3, -0.25) is 9.59 Å². The minimum absolute atomic E-state index is 0.252. The SMILES string of the molecule is Cn1ccc(C(=O)Nc2ccc(Oc3ccc(Cl)cc3)nc2)cc1=O. The van der Waals surface area contributed by atoms with E-state index in [-0.39, 0.29) is 17.0 Å². The van der Waals surface area contributed by atoms with Crippen molar-refractivity contribution in [3.63, 3.8) is 0 Å². The van der Waals surface area contributed by atoms with Crippen molar-refractivity contribution in [1.29, 1.82) is 0 Å². The van der Waals surface area contributed by atoms with Crippen LogP contribution in [0.2, 0.25) is 5.02 Å². The number of anilines is 1. The number of aryl methyl sites for hydroxylation is 1. The Hall–Kier alpha value is -3.12. The fourth-order valence-corrected chi connectivity index (χ4v) is 2.16. The second kappa shape index (κ2) is 7.19. The van der Waals surface area contributed by atoms with Crippen LogP contribution in [0.5, 0.6) is 11.6 Å². The summed E-state index contributed by atoms with van der Waals surface area (Å²) in [7, 11) is 1.62. The number of hydrogen-bond acceptors (Lipinski definition) is 4. The predicted octanol–water partition coefficient (Wildman–Crippen LogP) is 3.48. The highest BCUT2D eigenvalue weighted by molar-refractivity contribution is 6.30.